The molecule has 0 amide bonds. The molecule has 1 heterocycles. The van der Waals surface area contributed by atoms with Crippen molar-refractivity contribution in [1.29, 1.82) is 0 Å². The molecule has 6 unspecified atom stereocenters. The van der Waals surface area contributed by atoms with E-state index in [9.17, 15) is 34.5 Å². The Bertz CT molecular complexity index is 1810. The van der Waals surface area contributed by atoms with Crippen LogP contribution in [0.1, 0.15) is 278 Å². The summed E-state index contributed by atoms with van der Waals surface area (Å²) in [5.41, 5.74) is 0. The SMILES string of the molecule is CC/C=C\C/C=C\C/C=C\C/C=C\CCCCCCCCC(=O)OCC(COC1OC(C(=O)O)C(O)C(O)C1OC(=O)CCCCCCCCCCC/C=C\CCCCCCCC)OC(=O)CCCCCCC/C=C\C/C=C\C/C=C\CC. The fourth-order valence-corrected chi connectivity index (χ4v) is 9.60. The normalized spacial score (nSPS) is 18.2. The number of hydrogen-bond acceptors (Lipinski definition) is 11. The topological polar surface area (TPSA) is 175 Å². The van der Waals surface area contributed by atoms with E-state index < -0.39 is 67.3 Å². The maximum absolute atomic E-state index is 13.2. The van der Waals surface area contributed by atoms with Crippen molar-refractivity contribution in [3.63, 3.8) is 0 Å². The van der Waals surface area contributed by atoms with Crippen LogP contribution in [0.5, 0.6) is 0 Å². The van der Waals surface area contributed by atoms with Crippen molar-refractivity contribution in [1.82, 2.24) is 0 Å². The van der Waals surface area contributed by atoms with Crippen LogP contribution in [0.15, 0.2) is 97.2 Å². The van der Waals surface area contributed by atoms with E-state index in [1.54, 1.807) is 0 Å². The summed E-state index contributed by atoms with van der Waals surface area (Å²) in [6, 6.07) is 0. The zero-order valence-corrected chi connectivity index (χ0v) is 52.4. The Morgan fingerprint density at radius 2 is 0.759 bits per heavy atom. The maximum atomic E-state index is 13.2. The van der Waals surface area contributed by atoms with Gasteiger partial charge in [-0.25, -0.2) is 4.79 Å². The van der Waals surface area contributed by atoms with Gasteiger partial charge in [-0.3, -0.25) is 14.4 Å². The lowest BCUT2D eigenvalue weighted by atomic mass is 9.98. The van der Waals surface area contributed by atoms with E-state index in [-0.39, 0.29) is 25.9 Å². The van der Waals surface area contributed by atoms with E-state index >= 15 is 0 Å². The van der Waals surface area contributed by atoms with Crippen LogP contribution in [-0.4, -0.2) is 89.2 Å². The molecule has 0 radical (unpaired) electrons. The highest BCUT2D eigenvalue weighted by Crippen LogP contribution is 2.27. The van der Waals surface area contributed by atoms with Gasteiger partial charge in [-0.2, -0.15) is 0 Å². The molecule has 83 heavy (non-hydrogen) atoms. The van der Waals surface area contributed by atoms with E-state index in [0.717, 1.165) is 148 Å². The molecule has 6 atom stereocenters. The molecule has 0 aromatic heterocycles. The summed E-state index contributed by atoms with van der Waals surface area (Å²) in [4.78, 5) is 51.4. The summed E-state index contributed by atoms with van der Waals surface area (Å²) in [7, 11) is 0. The van der Waals surface area contributed by atoms with E-state index in [1.165, 1.54) is 70.6 Å². The minimum atomic E-state index is -1.91. The highest BCUT2D eigenvalue weighted by atomic mass is 16.7. The van der Waals surface area contributed by atoms with Crippen LogP contribution in [0.4, 0.5) is 0 Å². The molecule has 0 saturated carbocycles. The quantitative estimate of drug-likeness (QED) is 0.0228. The van der Waals surface area contributed by atoms with E-state index in [1.807, 2.05) is 0 Å². The molecule has 0 aromatic carbocycles. The van der Waals surface area contributed by atoms with Gasteiger partial charge in [0.2, 0.25) is 0 Å². The number of rotatable bonds is 56. The molecule has 1 aliphatic rings. The predicted octanol–water partition coefficient (Wildman–Crippen LogP) is 18.0. The first-order chi connectivity index (χ1) is 40.6. The van der Waals surface area contributed by atoms with E-state index in [4.69, 9.17) is 23.7 Å². The molecule has 1 fully saturated rings. The van der Waals surface area contributed by atoms with Crippen LogP contribution in [0.3, 0.4) is 0 Å². The molecule has 474 valence electrons. The molecule has 12 heteroatoms. The average molecular weight is 1160 g/mol. The third-order valence-corrected chi connectivity index (χ3v) is 14.6. The number of aliphatic hydroxyl groups is 2. The van der Waals surface area contributed by atoms with Crippen molar-refractivity contribution >= 4 is 23.9 Å². The average Bonchev–Trinajstić information content (AvgIpc) is 3.57. The minimum Gasteiger partial charge on any atom is -0.479 e. The zero-order chi connectivity index (χ0) is 60.3. The number of esters is 3. The smallest absolute Gasteiger partial charge is 0.335 e. The van der Waals surface area contributed by atoms with Gasteiger partial charge in [0.15, 0.2) is 24.6 Å². The van der Waals surface area contributed by atoms with Crippen molar-refractivity contribution in [2.45, 2.75) is 314 Å². The Labute approximate surface area is 504 Å². The van der Waals surface area contributed by atoms with Gasteiger partial charge in [0, 0.05) is 19.3 Å². The van der Waals surface area contributed by atoms with Gasteiger partial charge in [-0.1, -0.05) is 240 Å². The van der Waals surface area contributed by atoms with Crippen LogP contribution in [0.25, 0.3) is 0 Å². The van der Waals surface area contributed by atoms with Crippen molar-refractivity contribution in [2.24, 2.45) is 0 Å². The third-order valence-electron chi connectivity index (χ3n) is 14.6. The monoisotopic (exact) mass is 1160 g/mol. The molecular weight excluding hydrogens is 1040 g/mol. The lowest BCUT2D eigenvalue weighted by molar-refractivity contribution is -0.301. The summed E-state index contributed by atoms with van der Waals surface area (Å²) in [6.07, 6.45) is 65.0. The fourth-order valence-electron chi connectivity index (χ4n) is 9.60. The lowest BCUT2D eigenvalue weighted by Gasteiger charge is -2.40. The number of unbranched alkanes of at least 4 members (excludes halogenated alkanes) is 26. The molecule has 0 bridgehead atoms. The highest BCUT2D eigenvalue weighted by molar-refractivity contribution is 5.74. The molecule has 1 aliphatic heterocycles. The summed E-state index contributed by atoms with van der Waals surface area (Å²) in [5.74, 6) is -3.16. The second-order valence-electron chi connectivity index (χ2n) is 22.3. The number of ether oxygens (including phenoxy) is 5. The van der Waals surface area contributed by atoms with Gasteiger partial charge < -0.3 is 39.0 Å². The van der Waals surface area contributed by atoms with Crippen molar-refractivity contribution in [2.75, 3.05) is 13.2 Å². The molecule has 12 nitrogen and oxygen atoms in total. The Balaban J connectivity index is 2.66. The minimum absolute atomic E-state index is 0.0517. The zero-order valence-electron chi connectivity index (χ0n) is 52.4. The van der Waals surface area contributed by atoms with Crippen LogP contribution >= 0.6 is 0 Å². The van der Waals surface area contributed by atoms with E-state index in [0.29, 0.717) is 19.3 Å². The summed E-state index contributed by atoms with van der Waals surface area (Å²) in [6.45, 7) is 5.77. The predicted molar refractivity (Wildman–Crippen MR) is 340 cm³/mol. The third kappa shape index (κ3) is 47.6. The highest BCUT2D eigenvalue weighted by Gasteiger charge is 2.50. The largest absolute Gasteiger partial charge is 0.479 e. The van der Waals surface area contributed by atoms with Crippen molar-refractivity contribution in [3.05, 3.63) is 97.2 Å². The molecular formula is C71H118O12. The number of carbonyl (C=O) groups is 4. The Morgan fingerprint density at radius 1 is 0.410 bits per heavy atom. The van der Waals surface area contributed by atoms with E-state index in [2.05, 4.69) is 118 Å². The number of allylic oxidation sites excluding steroid dienone is 16. The van der Waals surface area contributed by atoms with Gasteiger partial charge in [0.05, 0.1) is 6.61 Å². The maximum Gasteiger partial charge on any atom is 0.335 e. The molecule has 0 aliphatic carbocycles. The Hall–Kier alpha value is -4.36. The first-order valence-corrected chi connectivity index (χ1v) is 33.2. The van der Waals surface area contributed by atoms with Crippen LogP contribution in [0.2, 0.25) is 0 Å². The summed E-state index contributed by atoms with van der Waals surface area (Å²) in [5, 5.41) is 31.6. The second kappa shape index (κ2) is 58.0. The van der Waals surface area contributed by atoms with Gasteiger partial charge >= 0.3 is 23.9 Å². The van der Waals surface area contributed by atoms with Crippen LogP contribution in [0, 0.1) is 0 Å². The summed E-state index contributed by atoms with van der Waals surface area (Å²) < 4.78 is 28.5. The molecule has 0 aromatic rings. The van der Waals surface area contributed by atoms with Crippen molar-refractivity contribution < 1.29 is 58.2 Å². The second-order valence-corrected chi connectivity index (χ2v) is 22.3. The standard InChI is InChI=1S/C71H118O12/c1-4-7-10-13-16-19-22-25-28-30-32-34-37-39-42-45-48-51-54-57-63(72)79-60-62(81-64(73)58-55-52-49-46-43-40-36-27-24-21-18-15-12-9-6-3)61-80-71-69(67(76)66(75)68(83-71)70(77)78)82-65(74)59-56-53-50-47-44-41-38-35-33-31-29-26-23-20-17-14-11-8-5-2/h7,9-10,12,16,18-19,21,25-29,32,34,36,62,66-69,71,75-76H,4-6,8,11,13-15,17,20,22-24,30-31,33,35,37-61H2,1-3H3,(H,77,78)/b10-7-,12-9-,19-16-,21-18-,28-25-,29-26-,34-32-,36-27-. The number of aliphatic hydroxyl groups excluding tert-OH is 2. The molecule has 1 saturated heterocycles. The number of carboxylic acids is 1. The first-order valence-electron chi connectivity index (χ1n) is 33.2. The molecule has 3 N–H and O–H groups in total. The van der Waals surface area contributed by atoms with Crippen molar-refractivity contribution in [3.8, 4) is 0 Å². The number of carboxylic acid groups (broad SMARTS) is 1. The fraction of sp³-hybridized carbons (Fsp3) is 0.718. The lowest BCUT2D eigenvalue weighted by Crippen LogP contribution is -2.61. The van der Waals surface area contributed by atoms with Gasteiger partial charge in [-0.05, 0) is 116 Å². The summed E-state index contributed by atoms with van der Waals surface area (Å²) >= 11 is 0. The van der Waals surface area contributed by atoms with Crippen LogP contribution in [-0.2, 0) is 42.9 Å². The molecule has 1 rings (SSSR count). The first kappa shape index (κ1) is 76.7. The Morgan fingerprint density at radius 3 is 1.17 bits per heavy atom. The van der Waals surface area contributed by atoms with Gasteiger partial charge in [0.1, 0.15) is 18.8 Å². The van der Waals surface area contributed by atoms with Gasteiger partial charge in [0.25, 0.3) is 0 Å². The number of carbonyl (C=O) groups excluding carboxylic acids is 3. The number of aliphatic carboxylic acids is 1. The Kier molecular flexibility index (Phi) is 53.6. The van der Waals surface area contributed by atoms with Gasteiger partial charge in [-0.15, -0.1) is 0 Å². The van der Waals surface area contributed by atoms with Crippen LogP contribution < -0.4 is 0 Å². The molecule has 0 spiro atoms. The number of hydrogen-bond donors (Lipinski definition) is 3.